The van der Waals surface area contributed by atoms with Gasteiger partial charge in [-0.2, -0.15) is 0 Å². The Morgan fingerprint density at radius 2 is 2.18 bits per heavy atom. The molecule has 122 valence electrons. The highest BCUT2D eigenvalue weighted by molar-refractivity contribution is 7.13. The Bertz CT molecular complexity index is 514. The second kappa shape index (κ2) is 7.98. The summed E-state index contributed by atoms with van der Waals surface area (Å²) in [6.07, 6.45) is 3.10. The monoisotopic (exact) mass is 326 g/mol. The summed E-state index contributed by atoms with van der Waals surface area (Å²) in [5.74, 6) is -0.906. The first-order chi connectivity index (χ1) is 10.6. The van der Waals surface area contributed by atoms with Crippen LogP contribution in [0.25, 0.3) is 0 Å². The second-order valence-corrected chi connectivity index (χ2v) is 6.20. The maximum Gasteiger partial charge on any atom is 0.317 e. The van der Waals surface area contributed by atoms with E-state index in [2.05, 4.69) is 15.2 Å². The highest BCUT2D eigenvalue weighted by Crippen LogP contribution is 2.24. The molecule has 1 aliphatic rings. The van der Waals surface area contributed by atoms with Crippen LogP contribution in [-0.4, -0.2) is 60.2 Å². The van der Waals surface area contributed by atoms with E-state index in [1.807, 2.05) is 5.38 Å². The molecule has 1 aliphatic heterocycles. The fourth-order valence-electron chi connectivity index (χ4n) is 2.26. The molecular weight excluding hydrogens is 304 g/mol. The van der Waals surface area contributed by atoms with Crippen molar-refractivity contribution in [3.63, 3.8) is 0 Å². The Balaban J connectivity index is 1.69. The molecule has 0 atom stereocenters. The molecule has 2 N–H and O–H groups in total. The van der Waals surface area contributed by atoms with Crippen LogP contribution in [0, 0.1) is 0 Å². The van der Waals surface area contributed by atoms with Crippen molar-refractivity contribution in [3.8, 4) is 0 Å². The van der Waals surface area contributed by atoms with Gasteiger partial charge in [-0.25, -0.2) is 9.78 Å². The molecule has 8 heteroatoms. The number of urea groups is 1. The van der Waals surface area contributed by atoms with Gasteiger partial charge in [0, 0.05) is 45.0 Å². The number of thiazole rings is 1. The third-order valence-corrected chi connectivity index (χ3v) is 4.53. The molecule has 0 unspecified atom stereocenters. The van der Waals surface area contributed by atoms with E-state index in [0.29, 0.717) is 13.0 Å². The third-order valence-electron chi connectivity index (χ3n) is 3.58. The molecule has 0 saturated carbocycles. The number of anilines is 1. The van der Waals surface area contributed by atoms with E-state index in [1.54, 1.807) is 18.4 Å². The van der Waals surface area contributed by atoms with Gasteiger partial charge >= 0.3 is 12.0 Å². The van der Waals surface area contributed by atoms with Crippen molar-refractivity contribution >= 4 is 28.5 Å². The molecule has 0 radical (unpaired) electrons. The molecule has 1 aromatic heterocycles. The van der Waals surface area contributed by atoms with Gasteiger partial charge < -0.3 is 20.2 Å². The number of nitrogens with zero attached hydrogens (tertiary/aromatic N) is 3. The van der Waals surface area contributed by atoms with Crippen LogP contribution in [0.1, 0.15) is 25.0 Å². The lowest BCUT2D eigenvalue weighted by Gasteiger charge is -2.16. The molecule has 2 heterocycles. The Morgan fingerprint density at radius 3 is 2.86 bits per heavy atom. The van der Waals surface area contributed by atoms with E-state index in [0.717, 1.165) is 23.9 Å². The van der Waals surface area contributed by atoms with Crippen molar-refractivity contribution in [1.82, 2.24) is 15.2 Å². The van der Waals surface area contributed by atoms with Gasteiger partial charge in [-0.15, -0.1) is 11.3 Å². The largest absolute Gasteiger partial charge is 0.481 e. The Kier molecular flexibility index (Phi) is 6.00. The van der Waals surface area contributed by atoms with E-state index < -0.39 is 5.97 Å². The number of aliphatic carboxylic acids is 1. The summed E-state index contributed by atoms with van der Waals surface area (Å²) < 4.78 is 0. The fourth-order valence-corrected chi connectivity index (χ4v) is 3.18. The van der Waals surface area contributed by atoms with Gasteiger partial charge in [-0.05, 0) is 12.8 Å². The molecule has 2 rings (SSSR count). The number of carbonyl (C=O) groups is 2. The van der Waals surface area contributed by atoms with Crippen LogP contribution in [0.15, 0.2) is 5.38 Å². The van der Waals surface area contributed by atoms with Gasteiger partial charge in [0.2, 0.25) is 0 Å². The van der Waals surface area contributed by atoms with Crippen molar-refractivity contribution in [3.05, 3.63) is 11.1 Å². The quantitative estimate of drug-likeness (QED) is 0.791. The molecule has 7 nitrogen and oxygen atoms in total. The van der Waals surface area contributed by atoms with Gasteiger partial charge in [0.15, 0.2) is 5.13 Å². The number of hydrogen-bond acceptors (Lipinski definition) is 5. The number of aromatic nitrogens is 1. The zero-order chi connectivity index (χ0) is 15.9. The van der Waals surface area contributed by atoms with Crippen molar-refractivity contribution in [2.75, 3.05) is 38.1 Å². The predicted molar refractivity (Wildman–Crippen MR) is 85.5 cm³/mol. The topological polar surface area (TPSA) is 85.8 Å². The average molecular weight is 326 g/mol. The van der Waals surface area contributed by atoms with E-state index in [9.17, 15) is 9.59 Å². The van der Waals surface area contributed by atoms with Crippen LogP contribution in [-0.2, 0) is 11.2 Å². The number of carboxylic acids is 1. The summed E-state index contributed by atoms with van der Waals surface area (Å²) in [6.45, 7) is 2.87. The van der Waals surface area contributed by atoms with Crippen LogP contribution >= 0.6 is 11.3 Å². The standard InChI is InChI=1S/C14H22N4O3S/c1-17(9-5-12(19)20)13(21)15-6-4-11-10-22-14(16-11)18-7-2-3-8-18/h10H,2-9H2,1H3,(H,15,21)(H,19,20). The molecule has 2 amide bonds. The number of nitrogens with one attached hydrogen (secondary N) is 1. The molecule has 1 aromatic rings. The SMILES string of the molecule is CN(CCC(=O)O)C(=O)NCCc1csc(N2CCCC2)n1. The lowest BCUT2D eigenvalue weighted by molar-refractivity contribution is -0.137. The minimum Gasteiger partial charge on any atom is -0.481 e. The van der Waals surface area contributed by atoms with Gasteiger partial charge in [0.25, 0.3) is 0 Å². The lowest BCUT2D eigenvalue weighted by atomic mass is 10.3. The molecular formula is C14H22N4O3S. The average Bonchev–Trinajstić information content (AvgIpc) is 3.15. The molecule has 1 fully saturated rings. The van der Waals surface area contributed by atoms with E-state index in [-0.39, 0.29) is 19.0 Å². The van der Waals surface area contributed by atoms with Crippen molar-refractivity contribution in [2.45, 2.75) is 25.7 Å². The minimum atomic E-state index is -0.906. The smallest absolute Gasteiger partial charge is 0.317 e. The Labute approximate surface area is 133 Å². The predicted octanol–water partition coefficient (Wildman–Crippen LogP) is 1.40. The van der Waals surface area contributed by atoms with Crippen LogP contribution in [0.2, 0.25) is 0 Å². The molecule has 0 spiro atoms. The summed E-state index contributed by atoms with van der Waals surface area (Å²) in [4.78, 5) is 30.5. The first kappa shape index (κ1) is 16.5. The number of rotatable bonds is 7. The van der Waals surface area contributed by atoms with Gasteiger partial charge in [-0.1, -0.05) is 0 Å². The summed E-state index contributed by atoms with van der Waals surface area (Å²) in [5.41, 5.74) is 0.986. The Hall–Kier alpha value is -1.83. The lowest BCUT2D eigenvalue weighted by Crippen LogP contribution is -2.39. The zero-order valence-corrected chi connectivity index (χ0v) is 13.6. The summed E-state index contributed by atoms with van der Waals surface area (Å²) in [5, 5.41) is 14.5. The van der Waals surface area contributed by atoms with Crippen LogP contribution in [0.5, 0.6) is 0 Å². The highest BCUT2D eigenvalue weighted by atomic mass is 32.1. The maximum absolute atomic E-state index is 11.8. The van der Waals surface area contributed by atoms with Gasteiger partial charge in [-0.3, -0.25) is 4.79 Å². The first-order valence-corrected chi connectivity index (χ1v) is 8.34. The van der Waals surface area contributed by atoms with E-state index in [1.165, 1.54) is 17.7 Å². The fraction of sp³-hybridized carbons (Fsp3) is 0.643. The van der Waals surface area contributed by atoms with Crippen molar-refractivity contribution < 1.29 is 14.7 Å². The van der Waals surface area contributed by atoms with E-state index >= 15 is 0 Å². The first-order valence-electron chi connectivity index (χ1n) is 7.46. The normalized spacial score (nSPS) is 14.1. The molecule has 0 bridgehead atoms. The minimum absolute atomic E-state index is 0.0464. The van der Waals surface area contributed by atoms with Crippen LogP contribution in [0.3, 0.4) is 0 Å². The molecule has 0 aliphatic carbocycles. The summed E-state index contributed by atoms with van der Waals surface area (Å²) in [7, 11) is 1.59. The third kappa shape index (κ3) is 4.87. The maximum atomic E-state index is 11.8. The second-order valence-electron chi connectivity index (χ2n) is 5.36. The number of carbonyl (C=O) groups excluding carboxylic acids is 1. The van der Waals surface area contributed by atoms with Crippen molar-refractivity contribution in [2.24, 2.45) is 0 Å². The summed E-state index contributed by atoms with van der Waals surface area (Å²) in [6, 6.07) is -0.253. The zero-order valence-electron chi connectivity index (χ0n) is 12.7. The molecule has 0 aromatic carbocycles. The van der Waals surface area contributed by atoms with Gasteiger partial charge in [0.05, 0.1) is 12.1 Å². The number of amides is 2. The highest BCUT2D eigenvalue weighted by Gasteiger charge is 2.15. The number of hydrogen-bond donors (Lipinski definition) is 2. The summed E-state index contributed by atoms with van der Waals surface area (Å²) >= 11 is 1.65. The van der Waals surface area contributed by atoms with Gasteiger partial charge in [0.1, 0.15) is 0 Å². The molecule has 22 heavy (non-hydrogen) atoms. The van der Waals surface area contributed by atoms with E-state index in [4.69, 9.17) is 5.11 Å². The van der Waals surface area contributed by atoms with Crippen LogP contribution in [0.4, 0.5) is 9.93 Å². The number of carboxylic acid groups (broad SMARTS) is 1. The molecule has 1 saturated heterocycles. The van der Waals surface area contributed by atoms with Crippen molar-refractivity contribution in [1.29, 1.82) is 0 Å². The van der Waals surface area contributed by atoms with Crippen LogP contribution < -0.4 is 10.2 Å². The Morgan fingerprint density at radius 1 is 1.45 bits per heavy atom.